The Balaban J connectivity index is 2.41. The summed E-state index contributed by atoms with van der Waals surface area (Å²) in [6, 6.07) is 0. The highest BCUT2D eigenvalue weighted by Gasteiger charge is 2.34. The quantitative estimate of drug-likeness (QED) is 0.0873. The molecule has 0 saturated carbocycles. The van der Waals surface area contributed by atoms with Gasteiger partial charge in [0.15, 0.2) is 0 Å². The van der Waals surface area contributed by atoms with Crippen molar-refractivity contribution in [1.82, 2.24) is 0 Å². The summed E-state index contributed by atoms with van der Waals surface area (Å²) < 4.78 is 6.45. The second-order valence-corrected chi connectivity index (χ2v) is 13.9. The van der Waals surface area contributed by atoms with Gasteiger partial charge in [0.25, 0.3) is 0 Å². The van der Waals surface area contributed by atoms with Crippen LogP contribution in [0.3, 0.4) is 0 Å². The highest BCUT2D eigenvalue weighted by Crippen LogP contribution is 2.35. The van der Waals surface area contributed by atoms with Crippen LogP contribution in [0, 0.1) is 17.8 Å². The first kappa shape index (κ1) is 36.6. The summed E-state index contributed by atoms with van der Waals surface area (Å²) in [7, 11) is 0. The number of ether oxygens (including phenoxy) is 1. The third-order valence-electron chi connectivity index (χ3n) is 9.48. The predicted octanol–water partition coefficient (Wildman–Crippen LogP) is 9.14. The van der Waals surface area contributed by atoms with Gasteiger partial charge in [0.1, 0.15) is 0 Å². The molecule has 0 fully saturated rings. The standard InChI is InChI=1S/C35H68O4/c1-8-10-12-13-14-16-26-39-33-30(5)29(4)32(36)27-31(33)21-20-28(3)19-17-23-35(7,38)25-18-24-34(6,37)22-15-11-9-2/h27-30,32-33,36-38H,8-26H2,1-7H3. The highest BCUT2D eigenvalue weighted by molar-refractivity contribution is 5.18. The van der Waals surface area contributed by atoms with Crippen molar-refractivity contribution in [3.8, 4) is 0 Å². The molecule has 0 bridgehead atoms. The Morgan fingerprint density at radius 2 is 1.28 bits per heavy atom. The smallest absolute Gasteiger partial charge is 0.0815 e. The maximum absolute atomic E-state index is 10.9. The van der Waals surface area contributed by atoms with E-state index < -0.39 is 11.2 Å². The molecule has 4 nitrogen and oxygen atoms in total. The molecule has 4 heteroatoms. The maximum atomic E-state index is 10.9. The van der Waals surface area contributed by atoms with Gasteiger partial charge in [0.05, 0.1) is 23.4 Å². The van der Waals surface area contributed by atoms with Gasteiger partial charge in [-0.3, -0.25) is 0 Å². The van der Waals surface area contributed by atoms with Gasteiger partial charge in [-0.2, -0.15) is 0 Å². The lowest BCUT2D eigenvalue weighted by Crippen LogP contribution is -2.39. The normalized spacial score (nSPS) is 25.6. The van der Waals surface area contributed by atoms with Crippen molar-refractivity contribution in [1.29, 1.82) is 0 Å². The third kappa shape index (κ3) is 16.0. The SMILES string of the molecule is CCCCCCCCOC1C(CCC(C)CCCC(C)(O)CCCC(C)(O)CCCCC)=CC(O)C(C)C1C. The summed E-state index contributed by atoms with van der Waals surface area (Å²) in [5.41, 5.74) is 0.0343. The minimum atomic E-state index is -0.656. The molecule has 0 aromatic carbocycles. The zero-order chi connectivity index (χ0) is 29.3. The van der Waals surface area contributed by atoms with Crippen molar-refractivity contribution >= 4 is 0 Å². The summed E-state index contributed by atoms with van der Waals surface area (Å²) in [4.78, 5) is 0. The average Bonchev–Trinajstić information content (AvgIpc) is 2.86. The molecule has 1 aliphatic rings. The monoisotopic (exact) mass is 553 g/mol. The van der Waals surface area contributed by atoms with Crippen molar-refractivity contribution in [3.63, 3.8) is 0 Å². The summed E-state index contributed by atoms with van der Waals surface area (Å²) in [6.45, 7) is 15.9. The first-order chi connectivity index (χ1) is 18.4. The molecule has 3 N–H and O–H groups in total. The molecule has 0 amide bonds. The van der Waals surface area contributed by atoms with Crippen molar-refractivity contribution in [2.45, 2.75) is 187 Å². The summed E-state index contributed by atoms with van der Waals surface area (Å²) >= 11 is 0. The summed E-state index contributed by atoms with van der Waals surface area (Å²) in [5.74, 6) is 1.13. The Morgan fingerprint density at radius 3 is 1.92 bits per heavy atom. The minimum Gasteiger partial charge on any atom is -0.390 e. The average molecular weight is 553 g/mol. The Labute approximate surface area is 243 Å². The van der Waals surface area contributed by atoms with E-state index in [9.17, 15) is 15.3 Å². The molecule has 0 heterocycles. The van der Waals surface area contributed by atoms with Crippen LogP contribution in [0.4, 0.5) is 0 Å². The summed E-state index contributed by atoms with van der Waals surface area (Å²) in [6.07, 6.45) is 21.2. The predicted molar refractivity (Wildman–Crippen MR) is 167 cm³/mol. The summed E-state index contributed by atoms with van der Waals surface area (Å²) in [5, 5.41) is 32.2. The van der Waals surface area contributed by atoms with Crippen LogP contribution in [0.1, 0.15) is 164 Å². The first-order valence-electron chi connectivity index (χ1n) is 16.9. The van der Waals surface area contributed by atoms with Gasteiger partial charge in [0.2, 0.25) is 0 Å². The fourth-order valence-corrected chi connectivity index (χ4v) is 6.21. The number of aliphatic hydroxyl groups is 3. The third-order valence-corrected chi connectivity index (χ3v) is 9.48. The molecule has 1 aliphatic carbocycles. The van der Waals surface area contributed by atoms with Crippen LogP contribution in [0.25, 0.3) is 0 Å². The van der Waals surface area contributed by atoms with Gasteiger partial charge >= 0.3 is 0 Å². The van der Waals surface area contributed by atoms with E-state index in [1.807, 2.05) is 13.8 Å². The van der Waals surface area contributed by atoms with E-state index in [0.717, 1.165) is 77.2 Å². The van der Waals surface area contributed by atoms with Crippen LogP contribution in [-0.2, 0) is 4.74 Å². The fourth-order valence-electron chi connectivity index (χ4n) is 6.21. The molecule has 232 valence electrons. The van der Waals surface area contributed by atoms with Gasteiger partial charge in [-0.15, -0.1) is 0 Å². The van der Waals surface area contributed by atoms with Crippen LogP contribution in [0.5, 0.6) is 0 Å². The molecule has 0 aromatic rings. The fraction of sp³-hybridized carbons (Fsp3) is 0.943. The molecule has 0 spiro atoms. The Kier molecular flexibility index (Phi) is 18.4. The zero-order valence-corrected chi connectivity index (χ0v) is 27.1. The van der Waals surface area contributed by atoms with Gasteiger partial charge < -0.3 is 20.1 Å². The van der Waals surface area contributed by atoms with Gasteiger partial charge in [0, 0.05) is 6.61 Å². The van der Waals surface area contributed by atoms with E-state index in [1.165, 1.54) is 50.5 Å². The zero-order valence-electron chi connectivity index (χ0n) is 27.1. The van der Waals surface area contributed by atoms with E-state index in [4.69, 9.17) is 4.74 Å². The molecule has 39 heavy (non-hydrogen) atoms. The van der Waals surface area contributed by atoms with E-state index in [1.54, 1.807) is 0 Å². The van der Waals surface area contributed by atoms with Crippen molar-refractivity contribution in [2.75, 3.05) is 6.61 Å². The van der Waals surface area contributed by atoms with E-state index in [-0.39, 0.29) is 18.1 Å². The van der Waals surface area contributed by atoms with Gasteiger partial charge in [-0.05, 0) is 88.5 Å². The Morgan fingerprint density at radius 1 is 0.744 bits per heavy atom. The molecule has 0 saturated heterocycles. The van der Waals surface area contributed by atoms with Crippen molar-refractivity contribution in [3.05, 3.63) is 11.6 Å². The largest absolute Gasteiger partial charge is 0.390 e. The van der Waals surface area contributed by atoms with Crippen LogP contribution in [0.2, 0.25) is 0 Å². The minimum absolute atomic E-state index is 0.131. The van der Waals surface area contributed by atoms with Crippen LogP contribution >= 0.6 is 0 Å². The molecule has 1 rings (SSSR count). The maximum Gasteiger partial charge on any atom is 0.0815 e. The topological polar surface area (TPSA) is 69.9 Å². The van der Waals surface area contributed by atoms with Crippen LogP contribution in [-0.4, -0.2) is 45.3 Å². The van der Waals surface area contributed by atoms with Crippen LogP contribution in [0.15, 0.2) is 11.6 Å². The Bertz CT molecular complexity index is 641. The number of aliphatic hydroxyl groups excluding tert-OH is 1. The molecular weight excluding hydrogens is 484 g/mol. The van der Waals surface area contributed by atoms with Crippen molar-refractivity contribution in [2.24, 2.45) is 17.8 Å². The lowest BCUT2D eigenvalue weighted by atomic mass is 9.76. The van der Waals surface area contributed by atoms with Crippen LogP contribution < -0.4 is 0 Å². The molecule has 0 radical (unpaired) electrons. The molecule has 0 aromatic heterocycles. The number of unbranched alkanes of at least 4 members (excludes halogenated alkanes) is 7. The molecule has 7 unspecified atom stereocenters. The molecule has 0 aliphatic heterocycles. The van der Waals surface area contributed by atoms with Gasteiger partial charge in [-0.1, -0.05) is 105 Å². The second kappa shape index (κ2) is 19.7. The lowest BCUT2D eigenvalue weighted by Gasteiger charge is -2.38. The number of rotatable bonds is 23. The van der Waals surface area contributed by atoms with E-state index in [0.29, 0.717) is 11.8 Å². The highest BCUT2D eigenvalue weighted by atomic mass is 16.5. The lowest BCUT2D eigenvalue weighted by molar-refractivity contribution is -0.0127. The van der Waals surface area contributed by atoms with E-state index in [2.05, 4.69) is 40.7 Å². The second-order valence-electron chi connectivity index (χ2n) is 13.9. The number of hydrogen-bond acceptors (Lipinski definition) is 4. The Hall–Kier alpha value is -0.420. The van der Waals surface area contributed by atoms with Crippen molar-refractivity contribution < 1.29 is 20.1 Å². The first-order valence-corrected chi connectivity index (χ1v) is 16.9. The number of hydrogen-bond donors (Lipinski definition) is 3. The van der Waals surface area contributed by atoms with E-state index >= 15 is 0 Å². The molecule has 7 atom stereocenters. The molecular formula is C35H68O4. The van der Waals surface area contributed by atoms with Gasteiger partial charge in [-0.25, -0.2) is 0 Å².